The second-order valence-corrected chi connectivity index (χ2v) is 7.77. The van der Waals surface area contributed by atoms with E-state index in [0.29, 0.717) is 12.1 Å². The third-order valence-electron chi connectivity index (χ3n) is 4.90. The van der Waals surface area contributed by atoms with Crippen LogP contribution in [0, 0.1) is 5.92 Å². The highest BCUT2D eigenvalue weighted by atomic mass is 127. The van der Waals surface area contributed by atoms with Gasteiger partial charge in [-0.2, -0.15) is 0 Å². The first-order chi connectivity index (χ1) is 11.1. The van der Waals surface area contributed by atoms with E-state index in [2.05, 4.69) is 67.6 Å². The van der Waals surface area contributed by atoms with E-state index in [4.69, 9.17) is 0 Å². The number of rotatable bonds is 4. The van der Waals surface area contributed by atoms with Crippen LogP contribution in [0.25, 0.3) is 0 Å². The lowest BCUT2D eigenvalue weighted by Gasteiger charge is -2.33. The molecule has 1 heterocycles. The predicted molar refractivity (Wildman–Crippen MR) is 115 cm³/mol. The van der Waals surface area contributed by atoms with Crippen LogP contribution in [0.2, 0.25) is 0 Å². The van der Waals surface area contributed by atoms with Crippen LogP contribution in [0.15, 0.2) is 33.7 Å². The summed E-state index contributed by atoms with van der Waals surface area (Å²) in [5.41, 5.74) is 1.39. The zero-order chi connectivity index (χ0) is 16.2. The highest BCUT2D eigenvalue weighted by Crippen LogP contribution is 2.28. The molecule has 1 aromatic carbocycles. The molecule has 6 heteroatoms. The smallest absolute Gasteiger partial charge is 0.191 e. The summed E-state index contributed by atoms with van der Waals surface area (Å²) in [6, 6.07) is 9.82. The van der Waals surface area contributed by atoms with Crippen molar-refractivity contribution in [3.05, 3.63) is 34.3 Å². The van der Waals surface area contributed by atoms with E-state index in [-0.39, 0.29) is 24.0 Å². The van der Waals surface area contributed by atoms with Crippen molar-refractivity contribution in [3.63, 3.8) is 0 Å². The van der Waals surface area contributed by atoms with Crippen LogP contribution in [0.3, 0.4) is 0 Å². The molecule has 134 valence electrons. The van der Waals surface area contributed by atoms with Gasteiger partial charge in [-0.1, -0.05) is 35.0 Å². The van der Waals surface area contributed by atoms with E-state index in [1.165, 1.54) is 24.8 Å². The maximum Gasteiger partial charge on any atom is 0.191 e. The van der Waals surface area contributed by atoms with Crippen LogP contribution in [0.4, 0.5) is 0 Å². The molecule has 1 aromatic rings. The van der Waals surface area contributed by atoms with Crippen LogP contribution in [0.5, 0.6) is 0 Å². The Bertz CT molecular complexity index is 540. The average Bonchev–Trinajstić information content (AvgIpc) is 3.25. The largest absolute Gasteiger partial charge is 0.354 e. The minimum absolute atomic E-state index is 0. The third kappa shape index (κ3) is 5.88. The summed E-state index contributed by atoms with van der Waals surface area (Å²) in [4.78, 5) is 6.91. The van der Waals surface area contributed by atoms with Gasteiger partial charge < -0.3 is 10.6 Å². The van der Waals surface area contributed by atoms with Gasteiger partial charge in [-0.3, -0.25) is 9.89 Å². The highest BCUT2D eigenvalue weighted by Gasteiger charge is 2.33. The van der Waals surface area contributed by atoms with E-state index < -0.39 is 0 Å². The van der Waals surface area contributed by atoms with Crippen molar-refractivity contribution in [3.8, 4) is 0 Å². The highest BCUT2D eigenvalue weighted by molar-refractivity contribution is 14.0. The third-order valence-corrected chi connectivity index (χ3v) is 5.43. The van der Waals surface area contributed by atoms with Crippen molar-refractivity contribution in [2.24, 2.45) is 10.9 Å². The monoisotopic (exact) mass is 506 g/mol. The molecule has 1 aliphatic heterocycles. The number of benzene rings is 1. The lowest BCUT2D eigenvalue weighted by atomic mass is 10.0. The van der Waals surface area contributed by atoms with Gasteiger partial charge in [0.1, 0.15) is 0 Å². The molecule has 1 saturated heterocycles. The Morgan fingerprint density at radius 3 is 2.38 bits per heavy atom. The molecule has 3 rings (SSSR count). The fourth-order valence-corrected chi connectivity index (χ4v) is 3.41. The average molecular weight is 507 g/mol. The molecule has 0 amide bonds. The normalized spacial score (nSPS) is 25.0. The van der Waals surface area contributed by atoms with Gasteiger partial charge in [0.05, 0.1) is 0 Å². The Kier molecular flexibility index (Phi) is 7.81. The molecular formula is C18H28BrIN4. The Balaban J connectivity index is 0.00000208. The number of hydrogen-bond donors (Lipinski definition) is 2. The van der Waals surface area contributed by atoms with E-state index in [0.717, 1.165) is 36.0 Å². The Labute approximate surface area is 171 Å². The predicted octanol–water partition coefficient (Wildman–Crippen LogP) is 3.60. The number of likely N-dealkylation sites (tertiary alicyclic amines) is 1. The summed E-state index contributed by atoms with van der Waals surface area (Å²) in [6.07, 6.45) is 3.63. The van der Waals surface area contributed by atoms with Crippen molar-refractivity contribution in [2.75, 3.05) is 20.1 Å². The minimum atomic E-state index is 0. The van der Waals surface area contributed by atoms with Gasteiger partial charge >= 0.3 is 0 Å². The standard InChI is InChI=1S/C18H27BrN4.HI/c1-13-11-17(13)22-18(20-2)21-16-7-9-23(10-8-16)12-14-3-5-15(19)6-4-14;/h3-6,13,16-17H,7-12H2,1-2H3,(H2,20,21,22);1H. The first-order valence-corrected chi connectivity index (χ1v) is 9.40. The molecule has 4 nitrogen and oxygen atoms in total. The van der Waals surface area contributed by atoms with Crippen LogP contribution in [-0.4, -0.2) is 43.1 Å². The Hall–Kier alpha value is -0.340. The molecule has 2 N–H and O–H groups in total. The van der Waals surface area contributed by atoms with Crippen molar-refractivity contribution >= 4 is 45.9 Å². The van der Waals surface area contributed by atoms with Crippen LogP contribution in [0.1, 0.15) is 31.7 Å². The molecule has 1 aliphatic carbocycles. The van der Waals surface area contributed by atoms with Gasteiger partial charge in [-0.05, 0) is 42.9 Å². The number of nitrogens with one attached hydrogen (secondary N) is 2. The van der Waals surface area contributed by atoms with E-state index >= 15 is 0 Å². The molecule has 2 atom stereocenters. The van der Waals surface area contributed by atoms with Gasteiger partial charge in [0.2, 0.25) is 0 Å². The maximum atomic E-state index is 4.37. The van der Waals surface area contributed by atoms with Crippen molar-refractivity contribution < 1.29 is 0 Å². The van der Waals surface area contributed by atoms with Crippen LogP contribution >= 0.6 is 39.9 Å². The van der Waals surface area contributed by atoms with E-state index in [1.807, 2.05) is 7.05 Å². The van der Waals surface area contributed by atoms with Crippen molar-refractivity contribution in [1.29, 1.82) is 0 Å². The Morgan fingerprint density at radius 2 is 1.83 bits per heavy atom. The first-order valence-electron chi connectivity index (χ1n) is 8.60. The number of halogens is 2. The molecule has 2 unspecified atom stereocenters. The molecule has 0 aromatic heterocycles. The summed E-state index contributed by atoms with van der Waals surface area (Å²) in [6.45, 7) is 5.62. The summed E-state index contributed by atoms with van der Waals surface area (Å²) in [5.74, 6) is 1.77. The lowest BCUT2D eigenvalue weighted by Crippen LogP contribution is -2.49. The zero-order valence-corrected chi connectivity index (χ0v) is 18.4. The van der Waals surface area contributed by atoms with Crippen molar-refractivity contribution in [2.45, 2.75) is 44.8 Å². The molecule has 1 saturated carbocycles. The van der Waals surface area contributed by atoms with Gasteiger partial charge in [0.25, 0.3) is 0 Å². The maximum absolute atomic E-state index is 4.37. The molecular weight excluding hydrogens is 479 g/mol. The summed E-state index contributed by atoms with van der Waals surface area (Å²) < 4.78 is 1.15. The lowest BCUT2D eigenvalue weighted by molar-refractivity contribution is 0.198. The molecule has 2 aliphatic rings. The van der Waals surface area contributed by atoms with E-state index in [1.54, 1.807) is 0 Å². The van der Waals surface area contributed by atoms with Gasteiger partial charge in [-0.25, -0.2) is 0 Å². The topological polar surface area (TPSA) is 39.7 Å². The number of hydrogen-bond acceptors (Lipinski definition) is 2. The molecule has 0 bridgehead atoms. The zero-order valence-electron chi connectivity index (χ0n) is 14.5. The number of piperidine rings is 1. The van der Waals surface area contributed by atoms with Crippen LogP contribution in [-0.2, 0) is 6.54 Å². The Morgan fingerprint density at radius 1 is 1.21 bits per heavy atom. The number of nitrogens with zero attached hydrogens (tertiary/aromatic N) is 2. The molecule has 2 fully saturated rings. The number of aliphatic imine (C=N–C) groups is 1. The second kappa shape index (κ2) is 9.38. The summed E-state index contributed by atoms with van der Waals surface area (Å²) in [5, 5.41) is 7.11. The molecule has 0 radical (unpaired) electrons. The second-order valence-electron chi connectivity index (χ2n) is 6.86. The SMILES string of the molecule is CN=C(NC1CCN(Cc2ccc(Br)cc2)CC1)NC1CC1C.I. The first kappa shape index (κ1) is 20.0. The van der Waals surface area contributed by atoms with Gasteiger partial charge in [0.15, 0.2) is 5.96 Å². The minimum Gasteiger partial charge on any atom is -0.354 e. The van der Waals surface area contributed by atoms with Gasteiger partial charge in [0, 0.05) is 43.2 Å². The number of guanidine groups is 1. The quantitative estimate of drug-likeness (QED) is 0.372. The summed E-state index contributed by atoms with van der Waals surface area (Å²) in [7, 11) is 1.87. The van der Waals surface area contributed by atoms with Crippen LogP contribution < -0.4 is 10.6 Å². The van der Waals surface area contributed by atoms with Gasteiger partial charge in [-0.15, -0.1) is 24.0 Å². The van der Waals surface area contributed by atoms with Crippen molar-refractivity contribution in [1.82, 2.24) is 15.5 Å². The fraction of sp³-hybridized carbons (Fsp3) is 0.611. The fourth-order valence-electron chi connectivity index (χ4n) is 3.15. The summed E-state index contributed by atoms with van der Waals surface area (Å²) >= 11 is 3.49. The van der Waals surface area contributed by atoms with E-state index in [9.17, 15) is 0 Å². The molecule has 24 heavy (non-hydrogen) atoms. The molecule has 0 spiro atoms.